The van der Waals surface area contributed by atoms with E-state index in [2.05, 4.69) is 27.9 Å². The van der Waals surface area contributed by atoms with Crippen LogP contribution in [0.3, 0.4) is 0 Å². The largest absolute Gasteiger partial charge is 0.507 e. The van der Waals surface area contributed by atoms with Gasteiger partial charge in [0.2, 0.25) is 0 Å². The minimum absolute atomic E-state index is 0.00119. The van der Waals surface area contributed by atoms with Gasteiger partial charge in [-0.1, -0.05) is 0 Å². The molecule has 1 atom stereocenters. The summed E-state index contributed by atoms with van der Waals surface area (Å²) in [4.78, 5) is 11.7. The second-order valence-electron chi connectivity index (χ2n) is 3.68. The van der Waals surface area contributed by atoms with Gasteiger partial charge in [0.15, 0.2) is 0 Å². The second kappa shape index (κ2) is 6.05. The fraction of sp³-hybridized carbons (Fsp3) is 0.364. The first kappa shape index (κ1) is 13.2. The third-order valence-corrected chi connectivity index (χ3v) is 2.76. The van der Waals surface area contributed by atoms with E-state index < -0.39 is 0 Å². The lowest BCUT2D eigenvalue weighted by atomic mass is 10.2. The Morgan fingerprint density at radius 3 is 2.94 bits per heavy atom. The van der Waals surface area contributed by atoms with E-state index in [4.69, 9.17) is 5.73 Å². The molecule has 1 unspecified atom stereocenters. The zero-order chi connectivity index (χ0) is 12.1. The Kier molecular flexibility index (Phi) is 5.01. The molecule has 5 heteroatoms. The fourth-order valence-electron chi connectivity index (χ4n) is 1.20. The van der Waals surface area contributed by atoms with Crippen LogP contribution in [0.1, 0.15) is 23.7 Å². The topological polar surface area (TPSA) is 75.3 Å². The van der Waals surface area contributed by atoms with E-state index in [-0.39, 0.29) is 17.7 Å². The summed E-state index contributed by atoms with van der Waals surface area (Å²) in [5, 5.41) is 12.2. The molecule has 1 amide bonds. The number of phenolic OH excluding ortho intramolecular Hbond substituents is 1. The second-order valence-corrected chi connectivity index (χ2v) is 4.93. The van der Waals surface area contributed by atoms with Crippen LogP contribution in [-0.2, 0) is 0 Å². The molecule has 0 aliphatic heterocycles. The maximum atomic E-state index is 11.7. The van der Waals surface area contributed by atoms with E-state index in [1.165, 1.54) is 6.07 Å². The van der Waals surface area contributed by atoms with Crippen LogP contribution < -0.4 is 11.1 Å². The van der Waals surface area contributed by atoms with Crippen molar-refractivity contribution in [1.29, 1.82) is 0 Å². The van der Waals surface area contributed by atoms with Gasteiger partial charge >= 0.3 is 0 Å². The van der Waals surface area contributed by atoms with Crippen LogP contribution in [0.5, 0.6) is 5.75 Å². The number of benzene rings is 1. The maximum absolute atomic E-state index is 11.7. The van der Waals surface area contributed by atoms with Crippen molar-refractivity contribution in [3.8, 4) is 5.75 Å². The molecule has 4 N–H and O–H groups in total. The zero-order valence-electron chi connectivity index (χ0n) is 9.03. The number of phenols is 1. The summed E-state index contributed by atoms with van der Waals surface area (Å²) in [5.74, 6) is -0.268. The molecule has 0 aliphatic carbocycles. The number of carbonyl (C=O) groups is 1. The van der Waals surface area contributed by atoms with Gasteiger partial charge in [0.1, 0.15) is 5.75 Å². The summed E-state index contributed by atoms with van der Waals surface area (Å²) in [5.41, 5.74) is 5.87. The quantitative estimate of drug-likeness (QED) is 0.730. The number of hydrogen-bond donors (Lipinski definition) is 3. The summed E-state index contributed by atoms with van der Waals surface area (Å²) in [6.07, 6.45) is 0.719. The first-order valence-electron chi connectivity index (χ1n) is 5.03. The van der Waals surface area contributed by atoms with Crippen molar-refractivity contribution in [2.45, 2.75) is 19.4 Å². The predicted octanol–water partition coefficient (Wildman–Crippen LogP) is 1.46. The van der Waals surface area contributed by atoms with Gasteiger partial charge in [-0.3, -0.25) is 4.79 Å². The Bertz CT molecular complexity index is 380. The van der Waals surface area contributed by atoms with Crippen molar-refractivity contribution in [3.63, 3.8) is 0 Å². The van der Waals surface area contributed by atoms with E-state index >= 15 is 0 Å². The van der Waals surface area contributed by atoms with Gasteiger partial charge in [-0.25, -0.2) is 0 Å². The molecule has 0 fully saturated rings. The van der Waals surface area contributed by atoms with Gasteiger partial charge in [-0.05, 0) is 54.1 Å². The molecule has 1 aromatic rings. The van der Waals surface area contributed by atoms with Gasteiger partial charge in [0, 0.05) is 16.2 Å². The van der Waals surface area contributed by atoms with Crippen LogP contribution in [-0.4, -0.2) is 23.6 Å². The molecule has 0 radical (unpaired) electrons. The van der Waals surface area contributed by atoms with Gasteiger partial charge in [0.25, 0.3) is 5.91 Å². The summed E-state index contributed by atoms with van der Waals surface area (Å²) < 4.78 is 0.910. The molecule has 1 aromatic carbocycles. The van der Waals surface area contributed by atoms with E-state index in [9.17, 15) is 9.90 Å². The van der Waals surface area contributed by atoms with Crippen molar-refractivity contribution >= 4 is 28.5 Å². The third-order valence-electron chi connectivity index (χ3n) is 2.09. The molecule has 0 aromatic heterocycles. The summed E-state index contributed by atoms with van der Waals surface area (Å²) >= 11 is 2.09. The smallest absolute Gasteiger partial charge is 0.255 e. The molecule has 88 valence electrons. The van der Waals surface area contributed by atoms with E-state index in [1.54, 1.807) is 12.1 Å². The van der Waals surface area contributed by atoms with Gasteiger partial charge < -0.3 is 16.2 Å². The standard InChI is InChI=1S/C11H15IN2O2/c1-7(13)4-5-14-11(16)9-6-8(12)2-3-10(9)15/h2-3,6-7,15H,4-5,13H2,1H3,(H,14,16). The highest BCUT2D eigenvalue weighted by molar-refractivity contribution is 14.1. The number of rotatable bonds is 4. The number of amides is 1. The lowest BCUT2D eigenvalue weighted by Crippen LogP contribution is -2.29. The molecule has 0 saturated carbocycles. The van der Waals surface area contributed by atoms with Crippen LogP contribution in [0.2, 0.25) is 0 Å². The molecule has 0 saturated heterocycles. The highest BCUT2D eigenvalue weighted by Crippen LogP contribution is 2.19. The highest BCUT2D eigenvalue weighted by atomic mass is 127. The Morgan fingerprint density at radius 1 is 1.62 bits per heavy atom. The van der Waals surface area contributed by atoms with Crippen molar-refractivity contribution in [1.82, 2.24) is 5.32 Å². The molecule has 0 heterocycles. The van der Waals surface area contributed by atoms with Crippen LogP contribution in [0.4, 0.5) is 0 Å². The van der Waals surface area contributed by atoms with Crippen molar-refractivity contribution in [2.24, 2.45) is 5.73 Å². The average molecular weight is 334 g/mol. The number of nitrogens with two attached hydrogens (primary N) is 1. The first-order chi connectivity index (χ1) is 7.50. The molecule has 4 nitrogen and oxygen atoms in total. The monoisotopic (exact) mass is 334 g/mol. The van der Waals surface area contributed by atoms with E-state index in [0.29, 0.717) is 12.1 Å². The lowest BCUT2D eigenvalue weighted by molar-refractivity contribution is 0.0950. The Morgan fingerprint density at radius 2 is 2.31 bits per heavy atom. The van der Waals surface area contributed by atoms with Crippen molar-refractivity contribution in [3.05, 3.63) is 27.3 Å². The van der Waals surface area contributed by atoms with Crippen LogP contribution in [0.25, 0.3) is 0 Å². The summed E-state index contributed by atoms with van der Waals surface area (Å²) in [7, 11) is 0. The van der Waals surface area contributed by atoms with Crippen LogP contribution in [0.15, 0.2) is 18.2 Å². The number of nitrogens with one attached hydrogen (secondary N) is 1. The average Bonchev–Trinajstić information content (AvgIpc) is 2.21. The lowest BCUT2D eigenvalue weighted by Gasteiger charge is -2.08. The zero-order valence-corrected chi connectivity index (χ0v) is 11.2. The molecule has 1 rings (SSSR count). The third kappa shape index (κ3) is 3.97. The number of carbonyl (C=O) groups excluding carboxylic acids is 1. The molecule has 0 spiro atoms. The molecule has 0 aliphatic rings. The van der Waals surface area contributed by atoms with Gasteiger partial charge in [-0.2, -0.15) is 0 Å². The van der Waals surface area contributed by atoms with Crippen LogP contribution in [0, 0.1) is 3.57 Å². The van der Waals surface area contributed by atoms with Crippen LogP contribution >= 0.6 is 22.6 Å². The maximum Gasteiger partial charge on any atom is 0.255 e. The van der Waals surface area contributed by atoms with Crippen molar-refractivity contribution < 1.29 is 9.90 Å². The SMILES string of the molecule is CC(N)CCNC(=O)c1cc(I)ccc1O. The Hall–Kier alpha value is -0.820. The van der Waals surface area contributed by atoms with E-state index in [0.717, 1.165) is 9.99 Å². The normalized spacial score (nSPS) is 12.2. The van der Waals surface area contributed by atoms with Gasteiger partial charge in [-0.15, -0.1) is 0 Å². The predicted molar refractivity (Wildman–Crippen MR) is 71.4 cm³/mol. The minimum Gasteiger partial charge on any atom is -0.507 e. The number of aromatic hydroxyl groups is 1. The molecular formula is C11H15IN2O2. The van der Waals surface area contributed by atoms with Gasteiger partial charge in [0.05, 0.1) is 5.56 Å². The number of hydrogen-bond acceptors (Lipinski definition) is 3. The fourth-order valence-corrected chi connectivity index (χ4v) is 1.69. The molecule has 0 bridgehead atoms. The Labute approximate surface area is 108 Å². The summed E-state index contributed by atoms with van der Waals surface area (Å²) in [6, 6.07) is 4.97. The minimum atomic E-state index is -0.267. The molecular weight excluding hydrogens is 319 g/mol. The molecule has 16 heavy (non-hydrogen) atoms. The highest BCUT2D eigenvalue weighted by Gasteiger charge is 2.10. The number of halogens is 1. The Balaban J connectivity index is 2.62. The first-order valence-corrected chi connectivity index (χ1v) is 6.11. The van der Waals surface area contributed by atoms with E-state index in [1.807, 2.05) is 6.92 Å². The van der Waals surface area contributed by atoms with Crippen molar-refractivity contribution in [2.75, 3.05) is 6.54 Å². The summed E-state index contributed by atoms with van der Waals surface area (Å²) in [6.45, 7) is 2.40.